The van der Waals surface area contributed by atoms with Gasteiger partial charge in [-0.15, -0.1) is 0 Å². The molecule has 2 aromatic carbocycles. The Morgan fingerprint density at radius 2 is 1.76 bits per heavy atom. The highest BCUT2D eigenvalue weighted by Crippen LogP contribution is 2.35. The lowest BCUT2D eigenvalue weighted by atomic mass is 10.1. The predicted octanol–water partition coefficient (Wildman–Crippen LogP) is 4.58. The van der Waals surface area contributed by atoms with Crippen molar-refractivity contribution in [3.05, 3.63) is 66.4 Å². The Labute approximate surface area is 217 Å². The molecular formula is C29H33N5O3. The fourth-order valence-corrected chi connectivity index (χ4v) is 5.17. The standard InChI is InChI=1S/C29H33N5O3/c1-35-25-7-5-21(6-8-25)20-34-26-9-12-30-29(31-23-10-15-36-16-11-23)27(26)28(32-34)22-3-2-4-24(19-22)33-13-17-37-18-14-33/h2-9,12,19,23H,10-11,13-18,20H2,1H3,(H,30,31). The minimum atomic E-state index is 0.337. The number of hydrogen-bond donors (Lipinski definition) is 1. The number of benzene rings is 2. The lowest BCUT2D eigenvalue weighted by Gasteiger charge is -2.29. The molecule has 192 valence electrons. The van der Waals surface area contributed by atoms with E-state index in [1.165, 1.54) is 5.69 Å². The molecule has 4 aromatic rings. The molecule has 8 nitrogen and oxygen atoms in total. The Morgan fingerprint density at radius 1 is 0.973 bits per heavy atom. The van der Waals surface area contributed by atoms with Crippen LogP contribution < -0.4 is 15.0 Å². The van der Waals surface area contributed by atoms with Crippen LogP contribution in [0.3, 0.4) is 0 Å². The van der Waals surface area contributed by atoms with Crippen molar-refractivity contribution in [3.63, 3.8) is 0 Å². The largest absolute Gasteiger partial charge is 0.497 e. The van der Waals surface area contributed by atoms with E-state index >= 15 is 0 Å². The van der Waals surface area contributed by atoms with Crippen LogP contribution in [-0.4, -0.2) is 67.4 Å². The minimum absolute atomic E-state index is 0.337. The van der Waals surface area contributed by atoms with Gasteiger partial charge in [0.2, 0.25) is 0 Å². The maximum absolute atomic E-state index is 5.58. The van der Waals surface area contributed by atoms with Crippen molar-refractivity contribution in [2.75, 3.05) is 56.8 Å². The summed E-state index contributed by atoms with van der Waals surface area (Å²) >= 11 is 0. The second-order valence-electron chi connectivity index (χ2n) is 9.59. The van der Waals surface area contributed by atoms with Crippen molar-refractivity contribution >= 4 is 22.4 Å². The van der Waals surface area contributed by atoms with Gasteiger partial charge in [0.15, 0.2) is 0 Å². The van der Waals surface area contributed by atoms with Crippen molar-refractivity contribution in [1.82, 2.24) is 14.8 Å². The molecule has 6 rings (SSSR count). The lowest BCUT2D eigenvalue weighted by Crippen LogP contribution is -2.36. The highest BCUT2D eigenvalue weighted by molar-refractivity contribution is 6.01. The second-order valence-corrected chi connectivity index (χ2v) is 9.59. The molecule has 2 aliphatic heterocycles. The summed E-state index contributed by atoms with van der Waals surface area (Å²) in [5.41, 5.74) is 5.45. The van der Waals surface area contributed by atoms with E-state index in [0.717, 1.165) is 91.6 Å². The van der Waals surface area contributed by atoms with Crippen LogP contribution in [0, 0.1) is 0 Å². The zero-order chi connectivity index (χ0) is 25.0. The average molecular weight is 500 g/mol. The van der Waals surface area contributed by atoms with Gasteiger partial charge in [-0.2, -0.15) is 5.10 Å². The normalized spacial score (nSPS) is 16.7. The number of hydrogen-bond acceptors (Lipinski definition) is 7. The number of nitrogens with zero attached hydrogens (tertiary/aromatic N) is 4. The van der Waals surface area contributed by atoms with Gasteiger partial charge < -0.3 is 24.4 Å². The third-order valence-electron chi connectivity index (χ3n) is 7.21. The Kier molecular flexibility index (Phi) is 6.92. The van der Waals surface area contributed by atoms with Crippen molar-refractivity contribution in [2.24, 2.45) is 0 Å². The number of nitrogens with one attached hydrogen (secondary N) is 1. The highest BCUT2D eigenvalue weighted by atomic mass is 16.5. The molecule has 1 N–H and O–H groups in total. The summed E-state index contributed by atoms with van der Waals surface area (Å²) in [5.74, 6) is 1.74. The van der Waals surface area contributed by atoms with Crippen LogP contribution in [0.25, 0.3) is 22.2 Å². The number of aromatic nitrogens is 3. The molecule has 0 unspecified atom stereocenters. The molecule has 37 heavy (non-hydrogen) atoms. The number of anilines is 2. The maximum Gasteiger partial charge on any atom is 0.137 e. The Bertz CT molecular complexity index is 1340. The van der Waals surface area contributed by atoms with Gasteiger partial charge in [-0.25, -0.2) is 4.98 Å². The summed E-state index contributed by atoms with van der Waals surface area (Å²) in [6.07, 6.45) is 3.82. The smallest absolute Gasteiger partial charge is 0.137 e. The lowest BCUT2D eigenvalue weighted by molar-refractivity contribution is 0.0904. The summed E-state index contributed by atoms with van der Waals surface area (Å²) in [5, 5.41) is 9.95. The van der Waals surface area contributed by atoms with E-state index in [9.17, 15) is 0 Å². The number of fused-ring (bicyclic) bond motifs is 1. The van der Waals surface area contributed by atoms with E-state index < -0.39 is 0 Å². The van der Waals surface area contributed by atoms with Crippen LogP contribution in [0.4, 0.5) is 11.5 Å². The van der Waals surface area contributed by atoms with Gasteiger partial charge in [-0.05, 0) is 48.7 Å². The van der Waals surface area contributed by atoms with Gasteiger partial charge in [0.05, 0.1) is 37.8 Å². The first kappa shape index (κ1) is 23.8. The Balaban J connectivity index is 1.42. The highest BCUT2D eigenvalue weighted by Gasteiger charge is 2.21. The molecule has 0 aliphatic carbocycles. The third kappa shape index (κ3) is 5.12. The molecule has 0 amide bonds. The number of pyridine rings is 1. The van der Waals surface area contributed by atoms with E-state index in [2.05, 4.69) is 57.4 Å². The van der Waals surface area contributed by atoms with Crippen molar-refractivity contribution in [3.8, 4) is 17.0 Å². The molecule has 0 spiro atoms. The zero-order valence-corrected chi connectivity index (χ0v) is 21.2. The van der Waals surface area contributed by atoms with Crippen LogP contribution in [-0.2, 0) is 16.0 Å². The van der Waals surface area contributed by atoms with Crippen LogP contribution in [0.2, 0.25) is 0 Å². The molecule has 0 radical (unpaired) electrons. The minimum Gasteiger partial charge on any atom is -0.497 e. The first-order valence-electron chi connectivity index (χ1n) is 13.0. The summed E-state index contributed by atoms with van der Waals surface area (Å²) < 4.78 is 18.6. The third-order valence-corrected chi connectivity index (χ3v) is 7.21. The molecule has 8 heteroatoms. The van der Waals surface area contributed by atoms with Gasteiger partial charge in [0, 0.05) is 49.8 Å². The second kappa shape index (κ2) is 10.8. The topological polar surface area (TPSA) is 73.7 Å². The Hall–Kier alpha value is -3.62. The van der Waals surface area contributed by atoms with Crippen molar-refractivity contribution in [2.45, 2.75) is 25.4 Å². The number of ether oxygens (including phenoxy) is 3. The van der Waals surface area contributed by atoms with Gasteiger partial charge in [0.25, 0.3) is 0 Å². The van der Waals surface area contributed by atoms with E-state index in [4.69, 9.17) is 24.3 Å². The van der Waals surface area contributed by atoms with Gasteiger partial charge >= 0.3 is 0 Å². The zero-order valence-electron chi connectivity index (χ0n) is 21.2. The van der Waals surface area contributed by atoms with Gasteiger partial charge in [0.1, 0.15) is 17.3 Å². The quantitative estimate of drug-likeness (QED) is 0.399. The molecule has 0 saturated carbocycles. The number of methoxy groups -OCH3 is 1. The van der Waals surface area contributed by atoms with E-state index in [1.54, 1.807) is 7.11 Å². The molecule has 4 heterocycles. The fourth-order valence-electron chi connectivity index (χ4n) is 5.17. The molecule has 2 aliphatic rings. The van der Waals surface area contributed by atoms with Crippen LogP contribution in [0.1, 0.15) is 18.4 Å². The summed E-state index contributed by atoms with van der Waals surface area (Å²) in [6, 6.07) is 19.3. The molecular weight excluding hydrogens is 466 g/mol. The molecule has 2 saturated heterocycles. The van der Waals surface area contributed by atoms with Gasteiger partial charge in [-0.1, -0.05) is 24.3 Å². The summed E-state index contributed by atoms with van der Waals surface area (Å²) in [6.45, 7) is 5.52. The molecule has 0 bridgehead atoms. The molecule has 2 aromatic heterocycles. The number of morpholine rings is 1. The van der Waals surface area contributed by atoms with E-state index in [0.29, 0.717) is 12.6 Å². The molecule has 0 atom stereocenters. The summed E-state index contributed by atoms with van der Waals surface area (Å²) in [4.78, 5) is 7.17. The average Bonchev–Trinajstić information content (AvgIpc) is 3.34. The van der Waals surface area contributed by atoms with Crippen LogP contribution in [0.5, 0.6) is 5.75 Å². The van der Waals surface area contributed by atoms with Crippen LogP contribution in [0.15, 0.2) is 60.8 Å². The fraction of sp³-hybridized carbons (Fsp3) is 0.379. The van der Waals surface area contributed by atoms with Crippen molar-refractivity contribution < 1.29 is 14.2 Å². The van der Waals surface area contributed by atoms with E-state index in [1.807, 2.05) is 18.3 Å². The van der Waals surface area contributed by atoms with E-state index in [-0.39, 0.29) is 0 Å². The van der Waals surface area contributed by atoms with Crippen molar-refractivity contribution in [1.29, 1.82) is 0 Å². The summed E-state index contributed by atoms with van der Waals surface area (Å²) in [7, 11) is 1.69. The Morgan fingerprint density at radius 3 is 2.54 bits per heavy atom. The van der Waals surface area contributed by atoms with Gasteiger partial charge in [-0.3, -0.25) is 4.68 Å². The van der Waals surface area contributed by atoms with Crippen LogP contribution >= 0.6 is 0 Å². The predicted molar refractivity (Wildman–Crippen MR) is 146 cm³/mol. The maximum atomic E-state index is 5.58. The first-order valence-corrected chi connectivity index (χ1v) is 13.0. The molecule has 2 fully saturated rings. The SMILES string of the molecule is COc1ccc(Cn2nc(-c3cccc(N4CCOCC4)c3)c3c(NC4CCOCC4)nccc32)cc1. The number of rotatable bonds is 7. The monoisotopic (exact) mass is 499 g/mol. The first-order chi connectivity index (χ1) is 18.3.